The van der Waals surface area contributed by atoms with Gasteiger partial charge in [-0.3, -0.25) is 9.59 Å². The van der Waals surface area contributed by atoms with Gasteiger partial charge in [-0.15, -0.1) is 0 Å². The number of nitrogens with one attached hydrogen (secondary N) is 1. The highest BCUT2D eigenvalue weighted by Crippen LogP contribution is 2.30. The second-order valence-electron chi connectivity index (χ2n) is 7.17. The zero-order valence-electron chi connectivity index (χ0n) is 17.3. The number of aliphatic carboxylic acids is 1. The van der Waals surface area contributed by atoms with E-state index in [4.69, 9.17) is 38.1 Å². The molecule has 4 N–H and O–H groups in total. The lowest BCUT2D eigenvalue weighted by molar-refractivity contribution is -0.138. The minimum absolute atomic E-state index is 0.0471. The van der Waals surface area contributed by atoms with Crippen molar-refractivity contribution < 1.29 is 28.2 Å². The molecule has 3 aromatic rings. The fourth-order valence-electron chi connectivity index (χ4n) is 3.17. The summed E-state index contributed by atoms with van der Waals surface area (Å²) in [5, 5.41) is 12.5. The summed E-state index contributed by atoms with van der Waals surface area (Å²) in [5.74, 6) is -2.55. The van der Waals surface area contributed by atoms with Gasteiger partial charge in [-0.05, 0) is 48.2 Å². The van der Waals surface area contributed by atoms with Crippen LogP contribution in [-0.4, -0.2) is 41.2 Å². The van der Waals surface area contributed by atoms with E-state index in [0.717, 1.165) is 0 Å². The van der Waals surface area contributed by atoms with Crippen molar-refractivity contribution in [3.63, 3.8) is 0 Å². The van der Waals surface area contributed by atoms with Gasteiger partial charge in [-0.1, -0.05) is 35.3 Å². The van der Waals surface area contributed by atoms with E-state index in [-0.39, 0.29) is 30.2 Å². The van der Waals surface area contributed by atoms with E-state index in [1.807, 2.05) is 0 Å². The van der Waals surface area contributed by atoms with Crippen LogP contribution in [0.3, 0.4) is 0 Å². The Labute approximate surface area is 198 Å². The molecular weight excluding hydrogens is 476 g/mol. The van der Waals surface area contributed by atoms with Crippen LogP contribution in [0.5, 0.6) is 5.95 Å². The average Bonchev–Trinajstić information content (AvgIpc) is 3.26. The summed E-state index contributed by atoms with van der Waals surface area (Å²) in [6, 6.07) is 7.14. The molecule has 2 aromatic carbocycles. The number of nitrogens with two attached hydrogens (primary N) is 1. The summed E-state index contributed by atoms with van der Waals surface area (Å²) in [4.78, 5) is 27.6. The number of carbonyl (C=O) groups excluding carboxylic acids is 1. The van der Waals surface area contributed by atoms with Gasteiger partial charge in [0.1, 0.15) is 18.1 Å². The maximum Gasteiger partial charge on any atom is 0.320 e. The maximum atomic E-state index is 14.2. The number of aromatic nitrogens is 1. The van der Waals surface area contributed by atoms with E-state index in [1.54, 1.807) is 18.2 Å². The van der Waals surface area contributed by atoms with E-state index in [9.17, 15) is 19.1 Å². The number of amides is 1. The van der Waals surface area contributed by atoms with Gasteiger partial charge < -0.3 is 25.3 Å². The molecule has 0 bridgehead atoms. The van der Waals surface area contributed by atoms with Gasteiger partial charge in [-0.25, -0.2) is 9.37 Å². The quantitative estimate of drug-likeness (QED) is 0.410. The highest BCUT2D eigenvalue weighted by molar-refractivity contribution is 6.32. The van der Waals surface area contributed by atoms with Gasteiger partial charge in [0.05, 0.1) is 7.11 Å². The number of carbonyl (C=O) groups is 2. The Morgan fingerprint density at radius 2 is 2.03 bits per heavy atom. The topological polar surface area (TPSA) is 128 Å². The largest absolute Gasteiger partial charge is 0.480 e. The first-order valence-corrected chi connectivity index (χ1v) is 10.5. The molecule has 11 heteroatoms. The third-order valence-corrected chi connectivity index (χ3v) is 5.42. The van der Waals surface area contributed by atoms with Crippen molar-refractivity contribution in [1.29, 1.82) is 0 Å². The van der Waals surface area contributed by atoms with Crippen LogP contribution in [0.15, 0.2) is 47.0 Å². The number of nitrogens with zero attached hydrogens (tertiary/aromatic N) is 1. The number of methoxy groups -OCH3 is 1. The molecule has 33 heavy (non-hydrogen) atoms. The molecule has 0 aliphatic carbocycles. The molecule has 3 rings (SSSR count). The number of oxazole rings is 1. The number of ether oxygens (including phenoxy) is 1. The smallest absolute Gasteiger partial charge is 0.320 e. The molecule has 0 saturated heterocycles. The average molecular weight is 496 g/mol. The molecule has 8 nitrogen and oxygen atoms in total. The van der Waals surface area contributed by atoms with Gasteiger partial charge in [0.2, 0.25) is 0 Å². The second-order valence-corrected chi connectivity index (χ2v) is 8.02. The maximum absolute atomic E-state index is 14.2. The third-order valence-electron chi connectivity index (χ3n) is 4.83. The molecule has 174 valence electrons. The van der Waals surface area contributed by atoms with Crippen LogP contribution in [0.1, 0.15) is 22.7 Å². The molecule has 0 fully saturated rings. The third kappa shape index (κ3) is 6.22. The number of rotatable bonds is 9. The second kappa shape index (κ2) is 10.7. The SMILES string of the molecule is COc1cnc(C(=O)N[C@H](Cc2ccc(-c3cc(Cl)ccc3F)cc2Cl)C[C@H](N)C(=O)O)o1. The standard InChI is InChI=1S/C22H20Cl2FN3O5/c1-32-19-10-27-21(33-19)20(29)28-14(9-18(26)22(30)31)6-12-3-2-11(7-16(12)24)15-8-13(23)4-5-17(15)25/h2-5,7-8,10,14,18H,6,9,26H2,1H3,(H,28,29)(H,30,31)/t14-,18+/m1/s1. The lowest BCUT2D eigenvalue weighted by atomic mass is 9.97. The Hall–Kier alpha value is -3.14. The van der Waals surface area contributed by atoms with E-state index in [0.29, 0.717) is 21.2 Å². The molecule has 1 amide bonds. The van der Waals surface area contributed by atoms with Crippen LogP contribution in [0.2, 0.25) is 10.0 Å². The first-order valence-electron chi connectivity index (χ1n) is 9.70. The van der Waals surface area contributed by atoms with Crippen molar-refractivity contribution in [2.45, 2.75) is 24.9 Å². The normalized spacial score (nSPS) is 12.8. The zero-order valence-corrected chi connectivity index (χ0v) is 18.9. The van der Waals surface area contributed by atoms with Gasteiger partial charge in [0.15, 0.2) is 0 Å². The number of carboxylic acid groups (broad SMARTS) is 1. The van der Waals surface area contributed by atoms with Crippen LogP contribution >= 0.6 is 23.2 Å². The Morgan fingerprint density at radius 3 is 2.67 bits per heavy atom. The fraction of sp³-hybridized carbons (Fsp3) is 0.227. The minimum atomic E-state index is -1.23. The number of hydrogen-bond acceptors (Lipinski definition) is 6. The monoisotopic (exact) mass is 495 g/mol. The van der Waals surface area contributed by atoms with E-state index < -0.39 is 29.8 Å². The lowest BCUT2D eigenvalue weighted by Gasteiger charge is -2.21. The molecule has 1 aromatic heterocycles. The Kier molecular flexibility index (Phi) is 7.91. The predicted octanol–water partition coefficient (Wildman–Crippen LogP) is 3.94. The molecule has 0 aliphatic rings. The Bertz CT molecular complexity index is 1170. The van der Waals surface area contributed by atoms with E-state index in [1.165, 1.54) is 31.5 Å². The number of hydrogen-bond donors (Lipinski definition) is 3. The molecule has 0 radical (unpaired) electrons. The molecule has 0 spiro atoms. The zero-order chi connectivity index (χ0) is 24.1. The van der Waals surface area contributed by atoms with Crippen molar-refractivity contribution in [3.8, 4) is 17.1 Å². The highest BCUT2D eigenvalue weighted by Gasteiger charge is 2.24. The summed E-state index contributed by atoms with van der Waals surface area (Å²) in [6.45, 7) is 0. The summed E-state index contributed by atoms with van der Waals surface area (Å²) in [7, 11) is 1.36. The van der Waals surface area contributed by atoms with E-state index >= 15 is 0 Å². The highest BCUT2D eigenvalue weighted by atomic mass is 35.5. The van der Waals surface area contributed by atoms with Gasteiger partial charge in [0, 0.05) is 21.7 Å². The van der Waals surface area contributed by atoms with Crippen LogP contribution in [-0.2, 0) is 11.2 Å². The van der Waals surface area contributed by atoms with E-state index in [2.05, 4.69) is 10.3 Å². The molecule has 0 saturated carbocycles. The fourth-order valence-corrected chi connectivity index (χ4v) is 3.60. The summed E-state index contributed by atoms with van der Waals surface area (Å²) >= 11 is 12.4. The number of halogens is 3. The van der Waals surface area contributed by atoms with Crippen molar-refractivity contribution in [1.82, 2.24) is 10.3 Å². The molecule has 0 unspecified atom stereocenters. The molecule has 2 atom stereocenters. The molecular formula is C22H20Cl2FN3O5. The van der Waals surface area contributed by atoms with Crippen molar-refractivity contribution >= 4 is 35.1 Å². The van der Waals surface area contributed by atoms with Crippen molar-refractivity contribution in [2.24, 2.45) is 5.73 Å². The van der Waals surface area contributed by atoms with Gasteiger partial charge in [0.25, 0.3) is 5.89 Å². The van der Waals surface area contributed by atoms with Crippen LogP contribution in [0, 0.1) is 5.82 Å². The Balaban J connectivity index is 1.83. The first-order chi connectivity index (χ1) is 15.7. The van der Waals surface area contributed by atoms with Crippen LogP contribution in [0.25, 0.3) is 11.1 Å². The van der Waals surface area contributed by atoms with Crippen LogP contribution < -0.4 is 15.8 Å². The number of carboxylic acids is 1. The predicted molar refractivity (Wildman–Crippen MR) is 120 cm³/mol. The van der Waals surface area contributed by atoms with Crippen molar-refractivity contribution in [3.05, 3.63) is 69.9 Å². The van der Waals surface area contributed by atoms with Crippen LogP contribution in [0.4, 0.5) is 4.39 Å². The van der Waals surface area contributed by atoms with Gasteiger partial charge >= 0.3 is 17.8 Å². The summed E-state index contributed by atoms with van der Waals surface area (Å²) in [5.41, 5.74) is 7.07. The number of benzene rings is 2. The summed E-state index contributed by atoms with van der Waals surface area (Å²) in [6.07, 6.45) is 1.30. The minimum Gasteiger partial charge on any atom is -0.480 e. The first kappa shape index (κ1) is 24.5. The summed E-state index contributed by atoms with van der Waals surface area (Å²) < 4.78 is 24.2. The van der Waals surface area contributed by atoms with Crippen molar-refractivity contribution in [2.75, 3.05) is 7.11 Å². The Morgan fingerprint density at radius 1 is 1.27 bits per heavy atom. The van der Waals surface area contributed by atoms with Gasteiger partial charge in [-0.2, -0.15) is 0 Å². The molecule has 0 aliphatic heterocycles. The molecule has 1 heterocycles. The lowest BCUT2D eigenvalue weighted by Crippen LogP contribution is -2.43.